The van der Waals surface area contributed by atoms with Crippen molar-refractivity contribution in [3.05, 3.63) is 172 Å². The van der Waals surface area contributed by atoms with Crippen LogP contribution in [0.25, 0.3) is 16.7 Å². The lowest BCUT2D eigenvalue weighted by Gasteiger charge is -2.61. The van der Waals surface area contributed by atoms with Gasteiger partial charge in [0.15, 0.2) is 22.0 Å². The SMILES string of the molecule is C.C.C.C.C.C.C.C.CCC(=O)Nc1ccccc1C1=C2C=CC3C(c4ccccc4NC(=O)CSC(C)=O)=c4ccc5n4C4(N23)N2C1=CCC2[C@H](c1ccccc1NC(=O)CC)[C@@H]1CCC(=[N+]14)C=5c1ccccc1NC(=O)CSC(C)=O. The van der Waals surface area contributed by atoms with Gasteiger partial charge in [-0.25, -0.2) is 4.57 Å². The van der Waals surface area contributed by atoms with Crippen LogP contribution in [0.1, 0.15) is 147 Å². The number of hydrogen-bond acceptors (Lipinski definition) is 10. The Bertz CT molecular complexity index is 3630. The van der Waals surface area contributed by atoms with E-state index < -0.39 is 12.0 Å². The number of benzene rings is 4. The van der Waals surface area contributed by atoms with E-state index in [0.717, 1.165) is 102 Å². The smallest absolute Gasteiger partial charge is 0.326 e. The van der Waals surface area contributed by atoms with Crippen LogP contribution in [0.3, 0.4) is 0 Å². The maximum Gasteiger partial charge on any atom is 0.417 e. The van der Waals surface area contributed by atoms with Gasteiger partial charge in [-0.2, -0.15) is 4.58 Å². The molecule has 7 aliphatic heterocycles. The fourth-order valence-electron chi connectivity index (χ4n) is 12.9. The van der Waals surface area contributed by atoms with Crippen LogP contribution >= 0.6 is 23.5 Å². The van der Waals surface area contributed by atoms with Gasteiger partial charge in [-0.15, -0.1) is 0 Å². The summed E-state index contributed by atoms with van der Waals surface area (Å²) in [5.41, 5.74) is 12.3. The third kappa shape index (κ3) is 10.7. The maximum atomic E-state index is 13.7. The lowest BCUT2D eigenvalue weighted by atomic mass is 9.78. The van der Waals surface area contributed by atoms with Gasteiger partial charge in [0.1, 0.15) is 0 Å². The highest BCUT2D eigenvalue weighted by atomic mass is 32.2. The van der Waals surface area contributed by atoms with E-state index in [1.165, 1.54) is 13.8 Å². The molecular formula is C67H87N8O6S2+. The fraction of sp³-hybridized carbons (Fsp3) is 0.358. The normalized spacial score (nSPS) is 19.8. The van der Waals surface area contributed by atoms with Gasteiger partial charge in [0.05, 0.1) is 57.2 Å². The molecule has 0 saturated carbocycles. The van der Waals surface area contributed by atoms with E-state index in [-0.39, 0.29) is 123 Å². The highest BCUT2D eigenvalue weighted by molar-refractivity contribution is 8.14. The standard InChI is InChI=1S/C59H54N8O6S2.8CH4/c1-5-51(70)60-39-19-11-7-15-35(39)55-43-23-24-44-56(36-16-8-12-20-40(36)61-52(71)6-2)46-26-28-48-58(38-18-10-14-22-42(38)63-54(73)32-75-34(4)69)50-30-29-49-57(37-17-9-13-21-41(37)62-53(72)31-74-33(3)68)47-27-25-45(55)65(47)59(64(43)44,66(46)48)67(49)50;;;;;;;;/h7-23,25,27,29-30,44,46-47,56H,5-6,24,26,28,31-32H2,1-4H3,(H3,60,61,63,70,71,73);8*1H4/p+1/t44?,46-,47?,56-,59?;;;;;;;;/m0......../s1. The highest BCUT2D eigenvalue weighted by Gasteiger charge is 2.75. The van der Waals surface area contributed by atoms with E-state index in [0.29, 0.717) is 42.7 Å². The zero-order valence-corrected chi connectivity index (χ0v) is 43.6. The second-order valence-electron chi connectivity index (χ2n) is 19.7. The second-order valence-corrected chi connectivity index (χ2v) is 22.0. The summed E-state index contributed by atoms with van der Waals surface area (Å²) in [6.07, 6.45) is 9.69. The highest BCUT2D eigenvalue weighted by Crippen LogP contribution is 2.63. The first-order chi connectivity index (χ1) is 36.4. The van der Waals surface area contributed by atoms with Crippen molar-refractivity contribution >= 4 is 103 Å². The summed E-state index contributed by atoms with van der Waals surface area (Å²) in [6, 6.07) is 35.7. The molecule has 442 valence electrons. The van der Waals surface area contributed by atoms with E-state index >= 15 is 0 Å². The number of nitrogens with zero attached hydrogens (tertiary/aromatic N) is 4. The molecule has 0 bridgehead atoms. The predicted molar refractivity (Wildman–Crippen MR) is 349 cm³/mol. The number of thioether (sulfide) groups is 2. The minimum atomic E-state index is -1.04. The Morgan fingerprint density at radius 3 is 1.63 bits per heavy atom. The van der Waals surface area contributed by atoms with Gasteiger partial charge >= 0.3 is 5.91 Å². The molecule has 4 amide bonds. The van der Waals surface area contributed by atoms with Gasteiger partial charge in [0, 0.05) is 90.1 Å². The lowest BCUT2D eigenvalue weighted by molar-refractivity contribution is -0.736. The van der Waals surface area contributed by atoms with Crippen molar-refractivity contribution in [3.8, 4) is 0 Å². The van der Waals surface area contributed by atoms with E-state index in [4.69, 9.17) is 0 Å². The average molecular weight is 1160 g/mol. The molecule has 5 atom stereocenters. The van der Waals surface area contributed by atoms with Crippen LogP contribution in [-0.2, 0) is 34.7 Å². The molecule has 12 rings (SSSR count). The van der Waals surface area contributed by atoms with Crippen LogP contribution in [0.2, 0.25) is 0 Å². The van der Waals surface area contributed by atoms with Crippen LogP contribution in [0, 0.1) is 0 Å². The monoisotopic (exact) mass is 1160 g/mol. The first kappa shape index (κ1) is 67.8. The minimum absolute atomic E-state index is 0. The van der Waals surface area contributed by atoms with Crippen molar-refractivity contribution in [3.63, 3.8) is 0 Å². The molecule has 1 fully saturated rings. The number of allylic oxidation sites excluding steroid dienone is 2. The molecule has 1 aromatic heterocycles. The summed E-state index contributed by atoms with van der Waals surface area (Å²) in [5, 5.41) is 14.5. The van der Waals surface area contributed by atoms with Gasteiger partial charge < -0.3 is 21.3 Å². The molecule has 0 radical (unpaired) electrons. The van der Waals surface area contributed by atoms with Crippen molar-refractivity contribution in [1.29, 1.82) is 0 Å². The molecule has 8 heterocycles. The van der Waals surface area contributed by atoms with Crippen molar-refractivity contribution in [1.82, 2.24) is 14.4 Å². The van der Waals surface area contributed by atoms with E-state index in [1.54, 1.807) is 0 Å². The summed E-state index contributed by atoms with van der Waals surface area (Å²) >= 11 is 1.94. The Morgan fingerprint density at radius 2 is 1.06 bits per heavy atom. The van der Waals surface area contributed by atoms with E-state index in [2.05, 4.69) is 94.8 Å². The number of hydrogen-bond donors (Lipinski definition) is 4. The number of anilines is 4. The minimum Gasteiger partial charge on any atom is -0.326 e. The number of nitrogens with one attached hydrogen (secondary N) is 4. The Labute approximate surface area is 501 Å². The summed E-state index contributed by atoms with van der Waals surface area (Å²) in [6.45, 7) is 6.63. The van der Waals surface area contributed by atoms with Crippen molar-refractivity contribution in [2.75, 3.05) is 32.8 Å². The molecule has 4 N–H and O–H groups in total. The number of amides is 4. The number of carbonyl (C=O) groups is 6. The summed E-state index contributed by atoms with van der Waals surface area (Å²) in [7, 11) is 0. The van der Waals surface area contributed by atoms with Gasteiger partial charge in [-0.05, 0) is 54.5 Å². The molecule has 1 saturated heterocycles. The molecular weight excluding hydrogens is 1080 g/mol. The molecule has 83 heavy (non-hydrogen) atoms. The Balaban J connectivity index is 0.00000185. The van der Waals surface area contributed by atoms with Crippen LogP contribution in [-0.4, -0.2) is 88.1 Å². The first-order valence-corrected chi connectivity index (χ1v) is 27.6. The summed E-state index contributed by atoms with van der Waals surface area (Å²) in [4.78, 5) is 83.4. The lowest BCUT2D eigenvalue weighted by Crippen LogP contribution is -2.81. The van der Waals surface area contributed by atoms with Crippen LogP contribution in [0.15, 0.2) is 139 Å². The number of para-hydroxylation sites is 4. The molecule has 4 aromatic carbocycles. The Kier molecular flexibility index (Phi) is 21.8. The van der Waals surface area contributed by atoms with E-state index in [9.17, 15) is 28.8 Å². The summed E-state index contributed by atoms with van der Waals surface area (Å²) in [5.74, 6) is -1.96. The molecule has 7 aliphatic rings. The van der Waals surface area contributed by atoms with Gasteiger partial charge in [0.25, 0.3) is 0 Å². The molecule has 1 spiro atoms. The average Bonchev–Trinajstić information content (AvgIpc) is 1.62. The third-order valence-electron chi connectivity index (χ3n) is 15.5. The molecule has 0 aliphatic carbocycles. The van der Waals surface area contributed by atoms with Crippen molar-refractivity contribution < 1.29 is 33.3 Å². The first-order valence-electron chi connectivity index (χ1n) is 25.6. The Hall–Kier alpha value is -7.69. The van der Waals surface area contributed by atoms with Crippen LogP contribution in [0.5, 0.6) is 0 Å². The molecule has 16 heteroatoms. The summed E-state index contributed by atoms with van der Waals surface area (Å²) < 4.78 is 5.15. The maximum absolute atomic E-state index is 13.7. The zero-order chi connectivity index (χ0) is 51.9. The number of aromatic nitrogens is 1. The topological polar surface area (TPSA) is 165 Å². The number of carbonyl (C=O) groups excluding carboxylic acids is 6. The quantitative estimate of drug-likeness (QED) is 0.0787. The zero-order valence-electron chi connectivity index (χ0n) is 41.9. The van der Waals surface area contributed by atoms with Gasteiger partial charge in [-0.3, -0.25) is 38.6 Å². The van der Waals surface area contributed by atoms with Crippen LogP contribution in [0.4, 0.5) is 22.7 Å². The second kappa shape index (κ2) is 26.7. The number of rotatable bonds is 14. The molecule has 5 aromatic rings. The van der Waals surface area contributed by atoms with Crippen molar-refractivity contribution in [2.45, 2.75) is 149 Å². The van der Waals surface area contributed by atoms with E-state index in [1.807, 2.05) is 86.6 Å². The fourth-order valence-corrected chi connectivity index (χ4v) is 13.7. The molecule has 3 unspecified atom stereocenters. The third-order valence-corrected chi connectivity index (χ3v) is 17.1. The van der Waals surface area contributed by atoms with Crippen LogP contribution < -0.4 is 32.0 Å². The van der Waals surface area contributed by atoms with Gasteiger partial charge in [-0.1, -0.05) is 182 Å². The van der Waals surface area contributed by atoms with Crippen molar-refractivity contribution in [2.24, 2.45) is 0 Å². The predicted octanol–water partition coefficient (Wildman–Crippen LogP) is 12.7. The van der Waals surface area contributed by atoms with Gasteiger partial charge in [0.2, 0.25) is 23.6 Å². The largest absolute Gasteiger partial charge is 0.417 e. The molecule has 14 nitrogen and oxygen atoms in total. The Morgan fingerprint density at radius 1 is 0.578 bits per heavy atom.